The summed E-state index contributed by atoms with van der Waals surface area (Å²) in [4.78, 5) is 13.2. The first-order valence-electron chi connectivity index (χ1n) is 9.43. The van der Waals surface area contributed by atoms with Gasteiger partial charge in [-0.15, -0.1) is 0 Å². The average Bonchev–Trinajstić information content (AvgIpc) is 2.73. The van der Waals surface area contributed by atoms with E-state index in [4.69, 9.17) is 4.74 Å². The van der Waals surface area contributed by atoms with Crippen LogP contribution >= 0.6 is 0 Å². The molecular weight excluding hydrogens is 348 g/mol. The lowest BCUT2D eigenvalue weighted by atomic mass is 9.69. The minimum Gasteiger partial charge on any atom is -0.497 e. The van der Waals surface area contributed by atoms with Gasteiger partial charge in [-0.05, 0) is 30.2 Å². The van der Waals surface area contributed by atoms with E-state index in [1.54, 1.807) is 7.11 Å². The molecule has 1 aliphatic heterocycles. The van der Waals surface area contributed by atoms with Crippen molar-refractivity contribution in [2.45, 2.75) is 25.2 Å². The van der Waals surface area contributed by atoms with Gasteiger partial charge in [0.2, 0.25) is 0 Å². The van der Waals surface area contributed by atoms with E-state index in [1.165, 1.54) is 0 Å². The van der Waals surface area contributed by atoms with Crippen LogP contribution in [-0.4, -0.2) is 12.9 Å². The summed E-state index contributed by atoms with van der Waals surface area (Å²) in [6, 6.07) is 20.1. The van der Waals surface area contributed by atoms with Gasteiger partial charge in [-0.1, -0.05) is 48.5 Å². The Bertz CT molecular complexity index is 997. The third kappa shape index (κ3) is 3.10. The van der Waals surface area contributed by atoms with Gasteiger partial charge in [-0.2, -0.15) is 5.26 Å². The molecule has 3 atom stereocenters. The van der Waals surface area contributed by atoms with Crippen LogP contribution in [0.3, 0.4) is 0 Å². The third-order valence-corrected chi connectivity index (χ3v) is 5.69. The van der Waals surface area contributed by atoms with Gasteiger partial charge >= 0.3 is 0 Å². The number of hydrogen-bond acceptors (Lipinski definition) is 4. The molecular formula is C24H22N2O2. The van der Waals surface area contributed by atoms with Crippen molar-refractivity contribution in [1.29, 1.82) is 5.26 Å². The maximum absolute atomic E-state index is 13.2. The highest BCUT2D eigenvalue weighted by Gasteiger charge is 2.42. The minimum absolute atomic E-state index is 0.0559. The quantitative estimate of drug-likeness (QED) is 0.868. The van der Waals surface area contributed by atoms with Gasteiger partial charge in [0, 0.05) is 29.7 Å². The van der Waals surface area contributed by atoms with Crippen LogP contribution in [0.15, 0.2) is 77.6 Å². The monoisotopic (exact) mass is 370 g/mol. The molecule has 0 radical (unpaired) electrons. The molecule has 4 rings (SSSR count). The second-order valence-corrected chi connectivity index (χ2v) is 7.31. The number of carbonyl (C=O) groups is 1. The van der Waals surface area contributed by atoms with Crippen LogP contribution in [-0.2, 0) is 4.79 Å². The van der Waals surface area contributed by atoms with Crippen molar-refractivity contribution in [3.63, 3.8) is 0 Å². The van der Waals surface area contributed by atoms with E-state index >= 15 is 0 Å². The zero-order chi connectivity index (χ0) is 19.7. The summed E-state index contributed by atoms with van der Waals surface area (Å²) in [5.41, 5.74) is 4.44. The summed E-state index contributed by atoms with van der Waals surface area (Å²) in [6.07, 6.45) is 2.61. The van der Waals surface area contributed by atoms with E-state index in [-0.39, 0.29) is 23.5 Å². The fourth-order valence-corrected chi connectivity index (χ4v) is 4.30. The molecule has 0 saturated carbocycles. The minimum atomic E-state index is -0.355. The summed E-state index contributed by atoms with van der Waals surface area (Å²) in [6.45, 7) is 1.91. The molecule has 0 fully saturated rings. The van der Waals surface area contributed by atoms with E-state index in [1.807, 2.05) is 49.4 Å². The standard InChI is InChI=1S/C24H22N2O2/c1-15-20(14-25)23(17-8-10-19(28-2)11-9-17)24-21(26-15)12-18(13-22(24)27)16-6-4-3-5-7-16/h3-12,18,23-24,26H,13H2,1-2H3. The Balaban J connectivity index is 1.79. The molecule has 4 heteroatoms. The van der Waals surface area contributed by atoms with Crippen molar-refractivity contribution in [3.8, 4) is 11.8 Å². The number of fused-ring (bicyclic) bond motifs is 1. The molecule has 140 valence electrons. The molecule has 0 aromatic heterocycles. The highest BCUT2D eigenvalue weighted by molar-refractivity contribution is 5.88. The molecule has 1 aliphatic carbocycles. The molecule has 4 nitrogen and oxygen atoms in total. The number of nitriles is 1. The number of nitrogens with one attached hydrogen (secondary N) is 1. The molecule has 2 aromatic carbocycles. The molecule has 1 N–H and O–H groups in total. The number of rotatable bonds is 3. The van der Waals surface area contributed by atoms with Gasteiger partial charge in [0.05, 0.1) is 24.7 Å². The number of carbonyl (C=O) groups excluding carboxylic acids is 1. The van der Waals surface area contributed by atoms with Gasteiger partial charge in [-0.25, -0.2) is 0 Å². The molecule has 2 aliphatic rings. The molecule has 28 heavy (non-hydrogen) atoms. The van der Waals surface area contributed by atoms with Crippen LogP contribution in [0.1, 0.15) is 36.3 Å². The predicted molar refractivity (Wildman–Crippen MR) is 108 cm³/mol. The Kier molecular flexibility index (Phi) is 4.75. The Hall–Kier alpha value is -3.32. The second kappa shape index (κ2) is 7.36. The fraction of sp³-hybridized carbons (Fsp3) is 0.250. The van der Waals surface area contributed by atoms with E-state index in [2.05, 4.69) is 29.6 Å². The van der Waals surface area contributed by atoms with E-state index in [0.29, 0.717) is 12.0 Å². The first-order chi connectivity index (χ1) is 13.6. The first kappa shape index (κ1) is 18.1. The third-order valence-electron chi connectivity index (χ3n) is 5.69. The summed E-state index contributed by atoms with van der Waals surface area (Å²) in [5.74, 6) is 0.353. The number of hydrogen-bond donors (Lipinski definition) is 1. The van der Waals surface area contributed by atoms with Crippen LogP contribution in [0.25, 0.3) is 0 Å². The van der Waals surface area contributed by atoms with Gasteiger partial charge < -0.3 is 10.1 Å². The highest BCUT2D eigenvalue weighted by Crippen LogP contribution is 2.45. The van der Waals surface area contributed by atoms with Gasteiger partial charge in [0.25, 0.3) is 0 Å². The van der Waals surface area contributed by atoms with Crippen molar-refractivity contribution in [2.75, 3.05) is 7.11 Å². The number of nitrogens with zero attached hydrogens (tertiary/aromatic N) is 1. The molecule has 2 aromatic rings. The number of methoxy groups -OCH3 is 1. The number of ether oxygens (including phenoxy) is 1. The maximum Gasteiger partial charge on any atom is 0.143 e. The number of Topliss-reactive ketones (excluding diaryl/α,β-unsaturated/α-hetero) is 1. The predicted octanol–water partition coefficient (Wildman–Crippen LogP) is 4.44. The maximum atomic E-state index is 13.2. The van der Waals surface area contributed by atoms with Crippen molar-refractivity contribution in [2.24, 2.45) is 5.92 Å². The largest absolute Gasteiger partial charge is 0.497 e. The molecule has 0 saturated heterocycles. The Morgan fingerprint density at radius 3 is 2.39 bits per heavy atom. The van der Waals surface area contributed by atoms with Crippen LogP contribution in [0, 0.1) is 17.2 Å². The van der Waals surface area contributed by atoms with Crippen molar-refractivity contribution in [1.82, 2.24) is 5.32 Å². The van der Waals surface area contributed by atoms with Crippen molar-refractivity contribution >= 4 is 5.78 Å². The lowest BCUT2D eigenvalue weighted by Crippen LogP contribution is -2.39. The second-order valence-electron chi connectivity index (χ2n) is 7.31. The topological polar surface area (TPSA) is 62.1 Å². The van der Waals surface area contributed by atoms with Crippen LogP contribution < -0.4 is 10.1 Å². The van der Waals surface area contributed by atoms with Crippen LogP contribution in [0.4, 0.5) is 0 Å². The van der Waals surface area contributed by atoms with E-state index < -0.39 is 0 Å². The normalized spacial score (nSPS) is 24.0. The van der Waals surface area contributed by atoms with Crippen LogP contribution in [0.2, 0.25) is 0 Å². The number of allylic oxidation sites excluding steroid dienone is 4. The zero-order valence-electron chi connectivity index (χ0n) is 16.0. The number of ketones is 1. The summed E-state index contributed by atoms with van der Waals surface area (Å²) < 4.78 is 5.25. The Morgan fingerprint density at radius 1 is 1.04 bits per heavy atom. The molecule has 1 heterocycles. The first-order valence-corrected chi connectivity index (χ1v) is 9.43. The smallest absolute Gasteiger partial charge is 0.143 e. The van der Waals surface area contributed by atoms with Gasteiger partial charge in [-0.3, -0.25) is 4.79 Å². The SMILES string of the molecule is COc1ccc(C2C(C#N)=C(C)NC3=CC(c4ccccc4)CC(=O)C32)cc1. The zero-order valence-corrected chi connectivity index (χ0v) is 16.0. The lowest BCUT2D eigenvalue weighted by Gasteiger charge is -2.38. The van der Waals surface area contributed by atoms with E-state index in [0.717, 1.165) is 28.3 Å². The molecule has 0 amide bonds. The Labute approximate surface area is 165 Å². The lowest BCUT2D eigenvalue weighted by molar-refractivity contribution is -0.123. The fourth-order valence-electron chi connectivity index (χ4n) is 4.30. The summed E-state index contributed by atoms with van der Waals surface area (Å²) in [7, 11) is 1.62. The van der Waals surface area contributed by atoms with Gasteiger partial charge in [0.1, 0.15) is 11.5 Å². The van der Waals surface area contributed by atoms with Crippen LogP contribution in [0.5, 0.6) is 5.75 Å². The molecule has 3 unspecified atom stereocenters. The Morgan fingerprint density at radius 2 is 1.75 bits per heavy atom. The summed E-state index contributed by atoms with van der Waals surface area (Å²) in [5, 5.41) is 13.1. The molecule has 0 spiro atoms. The summed E-state index contributed by atoms with van der Waals surface area (Å²) >= 11 is 0. The van der Waals surface area contributed by atoms with E-state index in [9.17, 15) is 10.1 Å². The molecule has 0 bridgehead atoms. The number of benzene rings is 2. The van der Waals surface area contributed by atoms with Crippen molar-refractivity contribution in [3.05, 3.63) is 88.8 Å². The van der Waals surface area contributed by atoms with Gasteiger partial charge in [0.15, 0.2) is 0 Å². The van der Waals surface area contributed by atoms with Crippen molar-refractivity contribution < 1.29 is 9.53 Å². The highest BCUT2D eigenvalue weighted by atomic mass is 16.5. The average molecular weight is 370 g/mol.